The second kappa shape index (κ2) is 7.50. The Morgan fingerprint density at radius 2 is 1.71 bits per heavy atom. The number of pyridine rings is 1. The molecule has 2 amide bonds. The average Bonchev–Trinajstić information content (AvgIpc) is 2.71. The predicted octanol–water partition coefficient (Wildman–Crippen LogP) is 4.51. The summed E-state index contributed by atoms with van der Waals surface area (Å²) in [6.45, 7) is 9.33. The zero-order valence-electron chi connectivity index (χ0n) is 16.7. The summed E-state index contributed by atoms with van der Waals surface area (Å²) in [4.78, 5) is 21.6. The van der Waals surface area contributed by atoms with Crippen LogP contribution in [0.1, 0.15) is 16.8 Å². The summed E-state index contributed by atoms with van der Waals surface area (Å²) in [5, 5.41) is 4.08. The van der Waals surface area contributed by atoms with Crippen LogP contribution in [0, 0.1) is 20.8 Å². The Morgan fingerprint density at radius 3 is 2.50 bits per heavy atom. The third-order valence-electron chi connectivity index (χ3n) is 5.64. The van der Waals surface area contributed by atoms with Gasteiger partial charge >= 0.3 is 6.03 Å². The molecule has 2 heterocycles. The highest BCUT2D eigenvalue weighted by Gasteiger charge is 2.23. The molecule has 1 N–H and O–H groups in total. The quantitative estimate of drug-likeness (QED) is 0.718. The molecule has 28 heavy (non-hydrogen) atoms. The molecular weight excluding hydrogens is 348 g/mol. The van der Waals surface area contributed by atoms with Crippen molar-refractivity contribution in [1.82, 2.24) is 9.88 Å². The fourth-order valence-electron chi connectivity index (χ4n) is 3.76. The lowest BCUT2D eigenvalue weighted by Gasteiger charge is -2.37. The van der Waals surface area contributed by atoms with Crippen molar-refractivity contribution in [2.24, 2.45) is 0 Å². The van der Waals surface area contributed by atoms with Crippen molar-refractivity contribution in [3.63, 3.8) is 0 Å². The highest BCUT2D eigenvalue weighted by molar-refractivity contribution is 5.93. The van der Waals surface area contributed by atoms with Crippen LogP contribution >= 0.6 is 0 Å². The highest BCUT2D eigenvalue weighted by Crippen LogP contribution is 2.24. The van der Waals surface area contributed by atoms with E-state index in [1.165, 1.54) is 16.8 Å². The van der Waals surface area contributed by atoms with E-state index in [0.29, 0.717) is 13.1 Å². The van der Waals surface area contributed by atoms with Crippen LogP contribution in [-0.4, -0.2) is 42.1 Å². The first-order valence-corrected chi connectivity index (χ1v) is 9.76. The molecule has 1 fully saturated rings. The van der Waals surface area contributed by atoms with Crippen LogP contribution in [0.2, 0.25) is 0 Å². The van der Waals surface area contributed by atoms with Crippen molar-refractivity contribution in [1.29, 1.82) is 0 Å². The maximum atomic E-state index is 12.8. The molecule has 0 atom stereocenters. The molecule has 1 aliphatic heterocycles. The fraction of sp³-hybridized carbons (Fsp3) is 0.304. The molecule has 0 bridgehead atoms. The zero-order valence-corrected chi connectivity index (χ0v) is 16.7. The number of amides is 2. The van der Waals surface area contributed by atoms with Crippen LogP contribution in [0.4, 0.5) is 16.2 Å². The number of carbonyl (C=O) groups excluding carboxylic acids is 1. The lowest BCUT2D eigenvalue weighted by atomic mass is 10.1. The monoisotopic (exact) mass is 374 g/mol. The Hall–Kier alpha value is -3.08. The lowest BCUT2D eigenvalue weighted by molar-refractivity contribution is 0.208. The van der Waals surface area contributed by atoms with Gasteiger partial charge in [0.05, 0.1) is 16.9 Å². The van der Waals surface area contributed by atoms with Gasteiger partial charge in [-0.3, -0.25) is 4.98 Å². The molecule has 0 radical (unpaired) electrons. The highest BCUT2D eigenvalue weighted by atomic mass is 16.2. The van der Waals surface area contributed by atoms with Crippen molar-refractivity contribution in [3.05, 3.63) is 65.4 Å². The minimum atomic E-state index is -0.0548. The van der Waals surface area contributed by atoms with Gasteiger partial charge in [-0.2, -0.15) is 0 Å². The molecule has 0 saturated carbocycles. The molecule has 1 aliphatic rings. The summed E-state index contributed by atoms with van der Waals surface area (Å²) in [6.07, 6.45) is 0. The first-order chi connectivity index (χ1) is 13.5. The number of para-hydroxylation sites is 1. The van der Waals surface area contributed by atoms with Crippen LogP contribution < -0.4 is 10.2 Å². The number of aromatic nitrogens is 1. The number of hydrogen-bond donors (Lipinski definition) is 1. The van der Waals surface area contributed by atoms with E-state index in [1.807, 2.05) is 42.2 Å². The van der Waals surface area contributed by atoms with Crippen molar-refractivity contribution in [3.8, 4) is 0 Å². The number of hydrogen-bond acceptors (Lipinski definition) is 3. The van der Waals surface area contributed by atoms with Gasteiger partial charge in [-0.25, -0.2) is 4.79 Å². The van der Waals surface area contributed by atoms with Crippen LogP contribution in [0.25, 0.3) is 10.9 Å². The van der Waals surface area contributed by atoms with Gasteiger partial charge in [-0.05, 0) is 50.1 Å². The van der Waals surface area contributed by atoms with Crippen LogP contribution in [0.3, 0.4) is 0 Å². The number of urea groups is 1. The minimum Gasteiger partial charge on any atom is -0.368 e. The minimum absolute atomic E-state index is 0.0548. The summed E-state index contributed by atoms with van der Waals surface area (Å²) in [5.74, 6) is 0. The Kier molecular flexibility index (Phi) is 4.90. The number of fused-ring (bicyclic) bond motifs is 1. The summed E-state index contributed by atoms with van der Waals surface area (Å²) >= 11 is 0. The molecule has 0 unspecified atom stereocenters. The van der Waals surface area contributed by atoms with E-state index in [2.05, 4.69) is 47.2 Å². The third-order valence-corrected chi connectivity index (χ3v) is 5.64. The van der Waals surface area contributed by atoms with Gasteiger partial charge in [0.25, 0.3) is 0 Å². The van der Waals surface area contributed by atoms with Gasteiger partial charge in [0.1, 0.15) is 0 Å². The van der Waals surface area contributed by atoms with Crippen LogP contribution in [0.5, 0.6) is 0 Å². The first-order valence-electron chi connectivity index (χ1n) is 9.76. The molecule has 0 spiro atoms. The predicted molar refractivity (Wildman–Crippen MR) is 115 cm³/mol. The molecule has 0 aliphatic carbocycles. The Labute approximate surface area is 166 Å². The number of anilines is 2. The lowest BCUT2D eigenvalue weighted by Crippen LogP contribution is -2.50. The van der Waals surface area contributed by atoms with E-state index < -0.39 is 0 Å². The van der Waals surface area contributed by atoms with Gasteiger partial charge < -0.3 is 15.1 Å². The normalized spacial score (nSPS) is 14.4. The number of rotatable bonds is 2. The maximum absolute atomic E-state index is 12.8. The number of nitrogens with zero attached hydrogens (tertiary/aromatic N) is 3. The zero-order chi connectivity index (χ0) is 19.7. The van der Waals surface area contributed by atoms with Gasteiger partial charge in [0, 0.05) is 37.3 Å². The Morgan fingerprint density at radius 1 is 0.964 bits per heavy atom. The SMILES string of the molecule is Cc1cccc(N2CCN(C(=O)Nc3cc4ccccc4nc3C)CC2)c1C. The molecule has 1 aromatic heterocycles. The summed E-state index contributed by atoms with van der Waals surface area (Å²) in [7, 11) is 0. The topological polar surface area (TPSA) is 48.5 Å². The largest absolute Gasteiger partial charge is 0.368 e. The summed E-state index contributed by atoms with van der Waals surface area (Å²) < 4.78 is 0. The third kappa shape index (κ3) is 3.52. The Bertz CT molecular complexity index is 1020. The van der Waals surface area contributed by atoms with Crippen molar-refractivity contribution < 1.29 is 4.79 Å². The number of nitrogens with one attached hydrogen (secondary N) is 1. The molecule has 5 heteroatoms. The Balaban J connectivity index is 1.43. The average molecular weight is 374 g/mol. The number of piperazine rings is 1. The van der Waals surface area contributed by atoms with Gasteiger partial charge in [0.15, 0.2) is 0 Å². The molecule has 2 aromatic carbocycles. The molecule has 4 rings (SSSR count). The van der Waals surface area contributed by atoms with Crippen LogP contribution in [-0.2, 0) is 0 Å². The summed E-state index contributed by atoms with van der Waals surface area (Å²) in [5.41, 5.74) is 6.45. The van der Waals surface area contributed by atoms with Gasteiger partial charge in [-0.15, -0.1) is 0 Å². The summed E-state index contributed by atoms with van der Waals surface area (Å²) in [6, 6.07) is 16.3. The van der Waals surface area contributed by atoms with Crippen molar-refractivity contribution in [2.45, 2.75) is 20.8 Å². The molecular formula is C23H26N4O. The standard InChI is InChI=1S/C23H26N4O/c1-16-7-6-10-22(17(16)2)26-11-13-27(14-12-26)23(28)25-21-15-19-8-4-5-9-20(19)24-18(21)3/h4-10,15H,11-14H2,1-3H3,(H,25,28). The molecule has 3 aromatic rings. The molecule has 144 valence electrons. The van der Waals surface area contributed by atoms with Gasteiger partial charge in [-0.1, -0.05) is 30.3 Å². The van der Waals surface area contributed by atoms with E-state index in [4.69, 9.17) is 0 Å². The van der Waals surface area contributed by atoms with E-state index in [0.717, 1.165) is 35.4 Å². The smallest absolute Gasteiger partial charge is 0.322 e. The number of aryl methyl sites for hydroxylation is 2. The van der Waals surface area contributed by atoms with E-state index in [-0.39, 0.29) is 6.03 Å². The first kappa shape index (κ1) is 18.3. The van der Waals surface area contributed by atoms with Crippen molar-refractivity contribution >= 4 is 28.3 Å². The van der Waals surface area contributed by atoms with Crippen LogP contribution in [0.15, 0.2) is 48.5 Å². The van der Waals surface area contributed by atoms with Gasteiger partial charge in [0.2, 0.25) is 0 Å². The second-order valence-electron chi connectivity index (χ2n) is 7.44. The number of benzene rings is 2. The van der Waals surface area contributed by atoms with Crippen molar-refractivity contribution in [2.75, 3.05) is 36.4 Å². The number of carbonyl (C=O) groups is 1. The molecule has 5 nitrogen and oxygen atoms in total. The second-order valence-corrected chi connectivity index (χ2v) is 7.44. The van der Waals surface area contributed by atoms with E-state index in [9.17, 15) is 4.79 Å². The maximum Gasteiger partial charge on any atom is 0.322 e. The molecule has 1 saturated heterocycles. The fourth-order valence-corrected chi connectivity index (χ4v) is 3.76. The van der Waals surface area contributed by atoms with E-state index >= 15 is 0 Å². The van der Waals surface area contributed by atoms with E-state index in [1.54, 1.807) is 0 Å².